The van der Waals surface area contributed by atoms with Crippen LogP contribution in [0.2, 0.25) is 0 Å². The van der Waals surface area contributed by atoms with Gasteiger partial charge in [0.1, 0.15) is 0 Å². The van der Waals surface area contributed by atoms with Crippen LogP contribution in [-0.2, 0) is 9.53 Å². The van der Waals surface area contributed by atoms with Gasteiger partial charge in [0.05, 0.1) is 12.2 Å². The van der Waals surface area contributed by atoms with Crippen LogP contribution in [0.3, 0.4) is 0 Å². The molecule has 5 heteroatoms. The minimum absolute atomic E-state index is 0.0248. The first-order valence-corrected chi connectivity index (χ1v) is 8.42. The molecule has 2 heterocycles. The SMILES string of the molecule is CC1CCN(CC(O)CNC(=O)CCC2CCCO2)CC1. The number of aliphatic hydroxyl groups excluding tert-OH is 1. The van der Waals surface area contributed by atoms with Gasteiger partial charge in [-0.15, -0.1) is 0 Å². The molecule has 0 radical (unpaired) electrons. The number of nitrogens with one attached hydrogen (secondary N) is 1. The molecule has 0 spiro atoms. The van der Waals surface area contributed by atoms with E-state index in [0.717, 1.165) is 44.9 Å². The Morgan fingerprint density at radius 1 is 1.38 bits per heavy atom. The highest BCUT2D eigenvalue weighted by Crippen LogP contribution is 2.17. The van der Waals surface area contributed by atoms with Gasteiger partial charge in [-0.2, -0.15) is 0 Å². The third-order valence-corrected chi connectivity index (χ3v) is 4.60. The maximum absolute atomic E-state index is 11.7. The normalized spacial score (nSPS) is 25.9. The summed E-state index contributed by atoms with van der Waals surface area (Å²) in [5, 5.41) is 12.8. The van der Waals surface area contributed by atoms with Crippen molar-refractivity contribution < 1.29 is 14.6 Å². The average Bonchev–Trinajstić information content (AvgIpc) is 2.99. The Labute approximate surface area is 128 Å². The number of rotatable bonds is 7. The molecule has 0 bridgehead atoms. The Balaban J connectivity index is 1.53. The van der Waals surface area contributed by atoms with Gasteiger partial charge in [-0.1, -0.05) is 6.92 Å². The molecule has 2 atom stereocenters. The number of ether oxygens (including phenoxy) is 1. The van der Waals surface area contributed by atoms with E-state index in [-0.39, 0.29) is 12.0 Å². The molecule has 0 aromatic rings. The monoisotopic (exact) mass is 298 g/mol. The predicted molar refractivity (Wildman–Crippen MR) is 82.1 cm³/mol. The summed E-state index contributed by atoms with van der Waals surface area (Å²) >= 11 is 0. The summed E-state index contributed by atoms with van der Waals surface area (Å²) in [6, 6.07) is 0. The number of β-amino-alcohol motifs (C(OH)–C–C–N with tert-alkyl or cyclic N) is 1. The number of piperidine rings is 1. The number of amides is 1. The maximum atomic E-state index is 11.7. The number of hydrogen-bond acceptors (Lipinski definition) is 4. The van der Waals surface area contributed by atoms with Gasteiger partial charge in [-0.3, -0.25) is 4.79 Å². The number of aliphatic hydroxyl groups is 1. The van der Waals surface area contributed by atoms with Crippen molar-refractivity contribution in [3.8, 4) is 0 Å². The zero-order chi connectivity index (χ0) is 15.1. The van der Waals surface area contributed by atoms with E-state index in [1.165, 1.54) is 12.8 Å². The smallest absolute Gasteiger partial charge is 0.220 e. The Kier molecular flexibility index (Phi) is 6.93. The topological polar surface area (TPSA) is 61.8 Å². The molecule has 2 aliphatic heterocycles. The number of hydrogen-bond donors (Lipinski definition) is 2. The molecule has 2 fully saturated rings. The van der Waals surface area contributed by atoms with Crippen LogP contribution >= 0.6 is 0 Å². The zero-order valence-corrected chi connectivity index (χ0v) is 13.2. The molecule has 1 amide bonds. The van der Waals surface area contributed by atoms with Crippen molar-refractivity contribution in [2.45, 2.75) is 57.7 Å². The zero-order valence-electron chi connectivity index (χ0n) is 13.2. The molecule has 0 saturated carbocycles. The Bertz CT molecular complexity index is 311. The highest BCUT2D eigenvalue weighted by molar-refractivity contribution is 5.75. The van der Waals surface area contributed by atoms with Crippen LogP contribution in [0.4, 0.5) is 0 Å². The van der Waals surface area contributed by atoms with E-state index in [1.807, 2.05) is 0 Å². The van der Waals surface area contributed by atoms with Crippen LogP contribution < -0.4 is 5.32 Å². The van der Waals surface area contributed by atoms with Crippen LogP contribution in [0.25, 0.3) is 0 Å². The van der Waals surface area contributed by atoms with Gasteiger partial charge in [0, 0.05) is 26.1 Å². The molecule has 2 N–H and O–H groups in total. The summed E-state index contributed by atoms with van der Waals surface area (Å²) in [7, 11) is 0. The number of carbonyl (C=O) groups excluding carboxylic acids is 1. The number of carbonyl (C=O) groups is 1. The van der Waals surface area contributed by atoms with Crippen LogP contribution in [0.1, 0.15) is 45.4 Å². The van der Waals surface area contributed by atoms with Crippen molar-refractivity contribution in [2.24, 2.45) is 5.92 Å². The van der Waals surface area contributed by atoms with Crippen molar-refractivity contribution in [1.29, 1.82) is 0 Å². The van der Waals surface area contributed by atoms with Crippen molar-refractivity contribution in [2.75, 3.05) is 32.8 Å². The van der Waals surface area contributed by atoms with Gasteiger partial charge in [0.25, 0.3) is 0 Å². The summed E-state index contributed by atoms with van der Waals surface area (Å²) in [5.74, 6) is 0.827. The van der Waals surface area contributed by atoms with Crippen molar-refractivity contribution in [1.82, 2.24) is 10.2 Å². The van der Waals surface area contributed by atoms with Gasteiger partial charge < -0.3 is 20.1 Å². The van der Waals surface area contributed by atoms with Crippen molar-refractivity contribution in [3.05, 3.63) is 0 Å². The molecule has 122 valence electrons. The summed E-state index contributed by atoms with van der Waals surface area (Å²) in [4.78, 5) is 14.0. The first-order chi connectivity index (χ1) is 10.1. The van der Waals surface area contributed by atoms with Gasteiger partial charge in [-0.25, -0.2) is 0 Å². The second-order valence-electron chi connectivity index (χ2n) is 6.61. The molecule has 0 aromatic carbocycles. The van der Waals surface area contributed by atoms with E-state index in [0.29, 0.717) is 19.5 Å². The molecule has 2 rings (SSSR count). The standard InChI is InChI=1S/C16H30N2O3/c1-13-6-8-18(9-7-13)12-14(19)11-17-16(20)5-4-15-3-2-10-21-15/h13-15,19H,2-12H2,1H3,(H,17,20). The minimum Gasteiger partial charge on any atom is -0.390 e. The molecule has 2 aliphatic rings. The molecular formula is C16H30N2O3. The van der Waals surface area contributed by atoms with Gasteiger partial charge in [0.2, 0.25) is 5.91 Å². The summed E-state index contributed by atoms with van der Waals surface area (Å²) in [5.41, 5.74) is 0. The first-order valence-electron chi connectivity index (χ1n) is 8.42. The average molecular weight is 298 g/mol. The summed E-state index contributed by atoms with van der Waals surface area (Å²) in [6.45, 7) is 6.26. The van der Waals surface area contributed by atoms with Crippen LogP contribution in [0.15, 0.2) is 0 Å². The fraction of sp³-hybridized carbons (Fsp3) is 0.938. The molecule has 21 heavy (non-hydrogen) atoms. The van der Waals surface area contributed by atoms with Gasteiger partial charge >= 0.3 is 0 Å². The second-order valence-corrected chi connectivity index (χ2v) is 6.61. The van der Waals surface area contributed by atoms with E-state index in [4.69, 9.17) is 4.74 Å². The maximum Gasteiger partial charge on any atom is 0.220 e. The molecular weight excluding hydrogens is 268 g/mol. The Morgan fingerprint density at radius 3 is 2.81 bits per heavy atom. The highest BCUT2D eigenvalue weighted by atomic mass is 16.5. The summed E-state index contributed by atoms with van der Waals surface area (Å²) < 4.78 is 5.50. The van der Waals surface area contributed by atoms with E-state index in [9.17, 15) is 9.90 Å². The van der Waals surface area contributed by atoms with Crippen LogP contribution in [-0.4, -0.2) is 60.9 Å². The van der Waals surface area contributed by atoms with Crippen molar-refractivity contribution in [3.63, 3.8) is 0 Å². The lowest BCUT2D eigenvalue weighted by Crippen LogP contribution is -2.43. The fourth-order valence-corrected chi connectivity index (χ4v) is 3.09. The van der Waals surface area contributed by atoms with Gasteiger partial charge in [0.15, 0.2) is 0 Å². The van der Waals surface area contributed by atoms with Gasteiger partial charge in [-0.05, 0) is 51.1 Å². The number of likely N-dealkylation sites (tertiary alicyclic amines) is 1. The quantitative estimate of drug-likeness (QED) is 0.740. The highest BCUT2D eigenvalue weighted by Gasteiger charge is 2.19. The second kappa shape index (κ2) is 8.71. The van der Waals surface area contributed by atoms with E-state index >= 15 is 0 Å². The first kappa shape index (κ1) is 16.7. The number of nitrogens with zero attached hydrogens (tertiary/aromatic N) is 1. The lowest BCUT2D eigenvalue weighted by atomic mass is 9.99. The van der Waals surface area contributed by atoms with Crippen LogP contribution in [0.5, 0.6) is 0 Å². The Morgan fingerprint density at radius 2 is 2.14 bits per heavy atom. The molecule has 2 unspecified atom stereocenters. The summed E-state index contributed by atoms with van der Waals surface area (Å²) in [6.07, 6.45) is 5.69. The predicted octanol–water partition coefficient (Wildman–Crippen LogP) is 1.15. The fourth-order valence-electron chi connectivity index (χ4n) is 3.09. The van der Waals surface area contributed by atoms with E-state index in [1.54, 1.807) is 0 Å². The third-order valence-electron chi connectivity index (χ3n) is 4.60. The Hall–Kier alpha value is -0.650. The third kappa shape index (κ3) is 6.32. The van der Waals surface area contributed by atoms with Crippen LogP contribution in [0, 0.1) is 5.92 Å². The largest absolute Gasteiger partial charge is 0.390 e. The molecule has 0 aliphatic carbocycles. The van der Waals surface area contributed by atoms with Crippen molar-refractivity contribution >= 4 is 5.91 Å². The molecule has 0 aromatic heterocycles. The minimum atomic E-state index is -0.468. The lowest BCUT2D eigenvalue weighted by molar-refractivity contribution is -0.122. The van der Waals surface area contributed by atoms with E-state index < -0.39 is 6.10 Å². The molecule has 5 nitrogen and oxygen atoms in total. The lowest BCUT2D eigenvalue weighted by Gasteiger charge is -2.31. The van der Waals surface area contributed by atoms with E-state index in [2.05, 4.69) is 17.1 Å². The molecule has 2 saturated heterocycles.